The molecule has 0 nitrogen and oxygen atoms in total. The first kappa shape index (κ1) is 10.2. The van der Waals surface area contributed by atoms with E-state index >= 15 is 0 Å². The van der Waals surface area contributed by atoms with Gasteiger partial charge in [-0.25, -0.2) is 0 Å². The molecule has 0 aliphatic carbocycles. The van der Waals surface area contributed by atoms with Gasteiger partial charge in [-0.15, -0.1) is 23.2 Å². The van der Waals surface area contributed by atoms with E-state index in [4.69, 9.17) is 34.8 Å². The lowest BCUT2D eigenvalue weighted by molar-refractivity contribution is 0.884. The highest BCUT2D eigenvalue weighted by Gasteiger charge is 2.08. The molecule has 12 heavy (non-hydrogen) atoms. The molecule has 0 atom stereocenters. The Kier molecular flexibility index (Phi) is 4.20. The number of hydrogen-bond donors (Lipinski definition) is 0. The van der Waals surface area contributed by atoms with Crippen LogP contribution >= 0.6 is 34.8 Å². The lowest BCUT2D eigenvalue weighted by atomic mass is 10.0. The molecule has 1 aromatic rings. The second-order valence-electron chi connectivity index (χ2n) is 2.56. The fourth-order valence-electron chi connectivity index (χ4n) is 0.980. The van der Waals surface area contributed by atoms with Crippen molar-refractivity contribution in [3.05, 3.63) is 34.9 Å². The molecule has 0 amide bonds. The van der Waals surface area contributed by atoms with Gasteiger partial charge in [0.25, 0.3) is 0 Å². The van der Waals surface area contributed by atoms with Gasteiger partial charge >= 0.3 is 0 Å². The number of halogens is 3. The van der Waals surface area contributed by atoms with Crippen LogP contribution in [0.2, 0.25) is 5.02 Å². The van der Waals surface area contributed by atoms with Crippen molar-refractivity contribution in [3.63, 3.8) is 0 Å². The van der Waals surface area contributed by atoms with Gasteiger partial charge in [-0.05, 0) is 17.7 Å². The summed E-state index contributed by atoms with van der Waals surface area (Å²) >= 11 is 17.3. The largest absolute Gasteiger partial charge is 0.126 e. The summed E-state index contributed by atoms with van der Waals surface area (Å²) in [6.07, 6.45) is 0. The average Bonchev–Trinajstić information content (AvgIpc) is 2.07. The molecule has 0 saturated heterocycles. The minimum Gasteiger partial charge on any atom is -0.126 e. The van der Waals surface area contributed by atoms with Crippen molar-refractivity contribution in [2.45, 2.75) is 5.92 Å². The van der Waals surface area contributed by atoms with Crippen LogP contribution in [0.25, 0.3) is 0 Å². The fourth-order valence-corrected chi connectivity index (χ4v) is 1.86. The monoisotopic (exact) mass is 222 g/mol. The summed E-state index contributed by atoms with van der Waals surface area (Å²) in [6.45, 7) is 0. The maximum absolute atomic E-state index is 5.82. The molecule has 0 N–H and O–H groups in total. The zero-order valence-corrected chi connectivity index (χ0v) is 8.70. The van der Waals surface area contributed by atoms with Gasteiger partial charge < -0.3 is 0 Å². The Labute approximate surface area is 87.4 Å². The van der Waals surface area contributed by atoms with Gasteiger partial charge in [0.1, 0.15) is 0 Å². The Bertz CT molecular complexity index is 243. The van der Waals surface area contributed by atoms with Gasteiger partial charge in [0.05, 0.1) is 0 Å². The van der Waals surface area contributed by atoms with E-state index in [9.17, 15) is 0 Å². The molecule has 66 valence electrons. The van der Waals surface area contributed by atoms with Crippen LogP contribution in [0.15, 0.2) is 24.3 Å². The zero-order chi connectivity index (χ0) is 8.97. The first-order valence-electron chi connectivity index (χ1n) is 3.65. The Morgan fingerprint density at radius 2 is 1.83 bits per heavy atom. The van der Waals surface area contributed by atoms with Crippen LogP contribution in [0.5, 0.6) is 0 Å². The van der Waals surface area contributed by atoms with E-state index in [1.807, 2.05) is 24.3 Å². The van der Waals surface area contributed by atoms with Crippen molar-refractivity contribution in [3.8, 4) is 0 Å². The molecule has 0 saturated carbocycles. The van der Waals surface area contributed by atoms with Gasteiger partial charge in [-0.2, -0.15) is 0 Å². The van der Waals surface area contributed by atoms with Gasteiger partial charge in [-0.1, -0.05) is 23.7 Å². The number of rotatable bonds is 3. The average molecular weight is 224 g/mol. The topological polar surface area (TPSA) is 0 Å². The second-order valence-corrected chi connectivity index (χ2v) is 3.61. The lowest BCUT2D eigenvalue weighted by Crippen LogP contribution is -2.01. The molecule has 1 rings (SSSR count). The quantitative estimate of drug-likeness (QED) is 0.682. The highest BCUT2D eigenvalue weighted by Crippen LogP contribution is 2.21. The van der Waals surface area contributed by atoms with E-state index in [1.165, 1.54) is 0 Å². The molecule has 1 aromatic carbocycles. The van der Waals surface area contributed by atoms with Crippen molar-refractivity contribution >= 4 is 34.8 Å². The molecular weight excluding hydrogens is 214 g/mol. The van der Waals surface area contributed by atoms with Crippen LogP contribution in [0, 0.1) is 0 Å². The Balaban J connectivity index is 2.85. The van der Waals surface area contributed by atoms with Crippen molar-refractivity contribution in [2.24, 2.45) is 0 Å². The van der Waals surface area contributed by atoms with Crippen LogP contribution in [0.4, 0.5) is 0 Å². The predicted octanol–water partition coefficient (Wildman–Crippen LogP) is 3.90. The van der Waals surface area contributed by atoms with Crippen molar-refractivity contribution in [1.82, 2.24) is 0 Å². The maximum Gasteiger partial charge on any atom is 0.0408 e. The van der Waals surface area contributed by atoms with Gasteiger partial charge in [-0.3, -0.25) is 0 Å². The van der Waals surface area contributed by atoms with Gasteiger partial charge in [0, 0.05) is 22.7 Å². The number of benzene rings is 1. The van der Waals surface area contributed by atoms with Gasteiger partial charge in [0.15, 0.2) is 0 Å². The Hall–Kier alpha value is 0.0900. The van der Waals surface area contributed by atoms with Crippen molar-refractivity contribution in [1.29, 1.82) is 0 Å². The third-order valence-corrected chi connectivity index (χ3v) is 2.67. The molecule has 0 aliphatic rings. The Morgan fingerprint density at radius 1 is 1.17 bits per heavy atom. The summed E-state index contributed by atoms with van der Waals surface area (Å²) in [4.78, 5) is 0. The summed E-state index contributed by atoms with van der Waals surface area (Å²) in [6, 6.07) is 7.63. The summed E-state index contributed by atoms with van der Waals surface area (Å²) in [5.41, 5.74) is 1.10. The third kappa shape index (κ3) is 2.55. The van der Waals surface area contributed by atoms with Crippen LogP contribution in [-0.4, -0.2) is 11.8 Å². The molecule has 0 aliphatic heterocycles. The normalized spacial score (nSPS) is 10.7. The standard InChI is InChI=1S/C9H9Cl3/c10-5-8(6-11)7-2-1-3-9(12)4-7/h1-4,8H,5-6H2. The maximum atomic E-state index is 5.82. The van der Waals surface area contributed by atoms with E-state index in [2.05, 4.69) is 0 Å². The molecule has 0 bridgehead atoms. The summed E-state index contributed by atoms with van der Waals surface area (Å²) in [7, 11) is 0. The molecular formula is C9H9Cl3. The molecule has 0 radical (unpaired) electrons. The number of alkyl halides is 2. The smallest absolute Gasteiger partial charge is 0.0408 e. The summed E-state index contributed by atoms with van der Waals surface area (Å²) < 4.78 is 0. The highest BCUT2D eigenvalue weighted by molar-refractivity contribution is 6.30. The third-order valence-electron chi connectivity index (χ3n) is 1.69. The molecule has 0 aromatic heterocycles. The minimum atomic E-state index is 0.201. The van der Waals surface area contributed by atoms with Crippen LogP contribution in [-0.2, 0) is 0 Å². The van der Waals surface area contributed by atoms with E-state index in [1.54, 1.807) is 0 Å². The van der Waals surface area contributed by atoms with E-state index in [0.29, 0.717) is 11.8 Å². The second kappa shape index (κ2) is 4.96. The lowest BCUT2D eigenvalue weighted by Gasteiger charge is -2.09. The molecule has 0 spiro atoms. The van der Waals surface area contributed by atoms with E-state index in [0.717, 1.165) is 10.6 Å². The Morgan fingerprint density at radius 3 is 2.33 bits per heavy atom. The van der Waals surface area contributed by atoms with E-state index in [-0.39, 0.29) is 5.92 Å². The molecule has 0 unspecified atom stereocenters. The van der Waals surface area contributed by atoms with Gasteiger partial charge in [0.2, 0.25) is 0 Å². The predicted molar refractivity (Wildman–Crippen MR) is 55.6 cm³/mol. The summed E-state index contributed by atoms with van der Waals surface area (Å²) in [5, 5.41) is 0.729. The van der Waals surface area contributed by atoms with Crippen molar-refractivity contribution in [2.75, 3.05) is 11.8 Å². The molecule has 0 fully saturated rings. The number of hydrogen-bond acceptors (Lipinski definition) is 0. The zero-order valence-electron chi connectivity index (χ0n) is 6.43. The van der Waals surface area contributed by atoms with Crippen LogP contribution in [0.1, 0.15) is 11.5 Å². The minimum absolute atomic E-state index is 0.201. The fraction of sp³-hybridized carbons (Fsp3) is 0.333. The summed E-state index contributed by atoms with van der Waals surface area (Å²) in [5.74, 6) is 1.26. The first-order valence-corrected chi connectivity index (χ1v) is 5.10. The molecule has 0 heterocycles. The highest BCUT2D eigenvalue weighted by atomic mass is 35.5. The van der Waals surface area contributed by atoms with E-state index < -0.39 is 0 Å². The SMILES string of the molecule is ClCC(CCl)c1cccc(Cl)c1. The van der Waals surface area contributed by atoms with Crippen LogP contribution < -0.4 is 0 Å². The van der Waals surface area contributed by atoms with Crippen molar-refractivity contribution < 1.29 is 0 Å². The van der Waals surface area contributed by atoms with Crippen LogP contribution in [0.3, 0.4) is 0 Å². The molecule has 3 heteroatoms. The first-order chi connectivity index (χ1) is 5.77.